The molecule has 9 heteroatoms. The van der Waals surface area contributed by atoms with Gasteiger partial charge < -0.3 is 10.6 Å². The third-order valence-corrected chi connectivity index (χ3v) is 7.41. The predicted molar refractivity (Wildman–Crippen MR) is 111 cm³/mol. The molecule has 0 bridgehead atoms. The van der Waals surface area contributed by atoms with Crippen molar-refractivity contribution >= 4 is 22.0 Å². The molecule has 0 spiro atoms. The second kappa shape index (κ2) is 10.7. The predicted octanol–water partition coefficient (Wildman–Crippen LogP) is 1.11. The molecule has 0 heterocycles. The molecule has 1 aromatic carbocycles. The Hall–Kier alpha value is -1.97. The lowest BCUT2D eigenvalue weighted by Crippen LogP contribution is -2.87. The van der Waals surface area contributed by atoms with Crippen LogP contribution in [0.1, 0.15) is 58.1 Å². The third kappa shape index (κ3) is 6.52. The first-order valence-corrected chi connectivity index (χ1v) is 11.8. The van der Waals surface area contributed by atoms with Crippen LogP contribution in [0.2, 0.25) is 0 Å². The molecule has 4 N–H and O–H groups in total. The minimum atomic E-state index is -3.48. The number of nitrogens with one attached hydrogen (secondary N) is 2. The highest BCUT2D eigenvalue weighted by Gasteiger charge is 2.22. The number of hydrogen-bond donors (Lipinski definition) is 3. The number of amides is 3. The number of nitrogens with zero attached hydrogens (tertiary/aromatic N) is 1. The van der Waals surface area contributed by atoms with E-state index in [1.807, 2.05) is 26.1 Å². The first-order chi connectivity index (χ1) is 13.8. The summed E-state index contributed by atoms with van der Waals surface area (Å²) in [4.78, 5) is 24.1. The van der Waals surface area contributed by atoms with Gasteiger partial charge in [-0.05, 0) is 31.9 Å². The zero-order chi connectivity index (χ0) is 21.4. The van der Waals surface area contributed by atoms with E-state index in [0.29, 0.717) is 13.1 Å². The van der Waals surface area contributed by atoms with Gasteiger partial charge in [-0.25, -0.2) is 13.2 Å². The van der Waals surface area contributed by atoms with Crippen molar-refractivity contribution < 1.29 is 23.3 Å². The SMILES string of the molecule is CCN(CC)S(=O)(=O)c1ccc([C@@H](C)[NH2+]CC(=O)NC(=O)NC2CCCC2)cc1. The quantitative estimate of drug-likeness (QED) is 0.550. The lowest BCUT2D eigenvalue weighted by molar-refractivity contribution is -0.682. The van der Waals surface area contributed by atoms with E-state index in [4.69, 9.17) is 0 Å². The normalized spacial score (nSPS) is 16.0. The highest BCUT2D eigenvalue weighted by atomic mass is 32.2. The van der Waals surface area contributed by atoms with Crippen molar-refractivity contribution in [3.63, 3.8) is 0 Å². The summed E-state index contributed by atoms with van der Waals surface area (Å²) < 4.78 is 26.5. The number of quaternary nitrogens is 1. The fraction of sp³-hybridized carbons (Fsp3) is 0.600. The Balaban J connectivity index is 1.85. The summed E-state index contributed by atoms with van der Waals surface area (Å²) in [6.07, 6.45) is 4.15. The Labute approximate surface area is 173 Å². The van der Waals surface area contributed by atoms with Crippen LogP contribution in [0.5, 0.6) is 0 Å². The number of nitrogens with two attached hydrogens (primary N) is 1. The van der Waals surface area contributed by atoms with E-state index in [0.717, 1.165) is 31.2 Å². The summed E-state index contributed by atoms with van der Waals surface area (Å²) in [7, 11) is -3.48. The molecule has 0 aliphatic heterocycles. The molecular weight excluding hydrogens is 392 g/mol. The summed E-state index contributed by atoms with van der Waals surface area (Å²) in [5.74, 6) is -0.354. The maximum Gasteiger partial charge on any atom is 0.321 e. The summed E-state index contributed by atoms with van der Waals surface area (Å²) >= 11 is 0. The van der Waals surface area contributed by atoms with Crippen LogP contribution >= 0.6 is 0 Å². The van der Waals surface area contributed by atoms with Gasteiger partial charge in [-0.2, -0.15) is 4.31 Å². The average molecular weight is 426 g/mol. The number of carbonyl (C=O) groups is 2. The van der Waals surface area contributed by atoms with Gasteiger partial charge in [0, 0.05) is 24.7 Å². The van der Waals surface area contributed by atoms with Crippen LogP contribution < -0.4 is 16.0 Å². The van der Waals surface area contributed by atoms with Crippen LogP contribution in [-0.2, 0) is 14.8 Å². The number of carbonyl (C=O) groups excluding carboxylic acids is 2. The number of urea groups is 1. The number of imide groups is 1. The zero-order valence-corrected chi connectivity index (χ0v) is 18.3. The third-order valence-electron chi connectivity index (χ3n) is 5.35. The Bertz CT molecular complexity index is 785. The number of benzene rings is 1. The monoisotopic (exact) mass is 425 g/mol. The smallest absolute Gasteiger partial charge is 0.321 e. The Morgan fingerprint density at radius 1 is 1.14 bits per heavy atom. The van der Waals surface area contributed by atoms with E-state index in [1.165, 1.54) is 4.31 Å². The van der Waals surface area contributed by atoms with E-state index >= 15 is 0 Å². The zero-order valence-electron chi connectivity index (χ0n) is 17.5. The molecule has 0 saturated heterocycles. The van der Waals surface area contributed by atoms with Crippen LogP contribution in [-0.4, -0.2) is 50.3 Å². The molecular formula is C20H33N4O4S+. The molecule has 1 saturated carbocycles. The van der Waals surface area contributed by atoms with Gasteiger partial charge in [0.1, 0.15) is 6.04 Å². The summed E-state index contributed by atoms with van der Waals surface area (Å²) in [5.41, 5.74) is 0.909. The van der Waals surface area contributed by atoms with Crippen molar-refractivity contribution in [1.29, 1.82) is 0 Å². The lowest BCUT2D eigenvalue weighted by Gasteiger charge is -2.19. The molecule has 0 unspecified atom stereocenters. The van der Waals surface area contributed by atoms with Gasteiger partial charge in [-0.15, -0.1) is 0 Å². The Morgan fingerprint density at radius 3 is 2.28 bits per heavy atom. The van der Waals surface area contributed by atoms with Gasteiger partial charge in [-0.3, -0.25) is 10.1 Å². The molecule has 2 rings (SSSR count). The van der Waals surface area contributed by atoms with Gasteiger partial charge in [-0.1, -0.05) is 38.8 Å². The molecule has 1 aliphatic rings. The lowest BCUT2D eigenvalue weighted by atomic mass is 10.1. The van der Waals surface area contributed by atoms with E-state index in [-0.39, 0.29) is 29.4 Å². The minimum absolute atomic E-state index is 0.0520. The summed E-state index contributed by atoms with van der Waals surface area (Å²) in [6, 6.07) is 6.41. The van der Waals surface area contributed by atoms with Crippen molar-refractivity contribution in [2.24, 2.45) is 0 Å². The van der Waals surface area contributed by atoms with Gasteiger partial charge in [0.2, 0.25) is 10.0 Å². The topological polar surface area (TPSA) is 112 Å². The maximum absolute atomic E-state index is 12.5. The van der Waals surface area contributed by atoms with Crippen LogP contribution in [0.25, 0.3) is 0 Å². The maximum atomic E-state index is 12.5. The Kier molecular flexibility index (Phi) is 8.60. The van der Waals surface area contributed by atoms with E-state index in [2.05, 4.69) is 10.6 Å². The number of rotatable bonds is 9. The second-order valence-electron chi connectivity index (χ2n) is 7.39. The van der Waals surface area contributed by atoms with Gasteiger partial charge in [0.15, 0.2) is 6.54 Å². The molecule has 29 heavy (non-hydrogen) atoms. The van der Waals surface area contributed by atoms with Gasteiger partial charge >= 0.3 is 6.03 Å². The van der Waals surface area contributed by atoms with Gasteiger partial charge in [0.25, 0.3) is 5.91 Å². The molecule has 0 aromatic heterocycles. The van der Waals surface area contributed by atoms with Crippen molar-refractivity contribution in [2.75, 3.05) is 19.6 Å². The van der Waals surface area contributed by atoms with E-state index < -0.39 is 16.1 Å². The largest absolute Gasteiger partial charge is 0.335 e. The van der Waals surface area contributed by atoms with Crippen LogP contribution in [0.4, 0.5) is 4.79 Å². The molecule has 162 valence electrons. The molecule has 8 nitrogen and oxygen atoms in total. The molecule has 1 atom stereocenters. The fourth-order valence-corrected chi connectivity index (χ4v) is 5.00. The van der Waals surface area contributed by atoms with E-state index in [9.17, 15) is 18.0 Å². The van der Waals surface area contributed by atoms with Gasteiger partial charge in [0.05, 0.1) is 4.90 Å². The molecule has 1 fully saturated rings. The first-order valence-electron chi connectivity index (χ1n) is 10.3. The molecule has 1 aliphatic carbocycles. The molecule has 0 radical (unpaired) electrons. The number of sulfonamides is 1. The molecule has 3 amide bonds. The van der Waals surface area contributed by atoms with Crippen LogP contribution in [0.15, 0.2) is 29.2 Å². The number of hydrogen-bond acceptors (Lipinski definition) is 4. The van der Waals surface area contributed by atoms with Crippen LogP contribution in [0, 0.1) is 0 Å². The standard InChI is InChI=1S/C20H32N4O4S/c1-4-24(5-2)29(27,28)18-12-10-16(11-13-18)15(3)21-14-19(25)23-20(26)22-17-8-6-7-9-17/h10-13,15,17,21H,4-9,14H2,1-3H3,(H2,22,23,25,26)/p+1/t15-/m1/s1. The van der Waals surface area contributed by atoms with Crippen LogP contribution in [0.3, 0.4) is 0 Å². The van der Waals surface area contributed by atoms with E-state index in [1.54, 1.807) is 24.3 Å². The minimum Gasteiger partial charge on any atom is -0.335 e. The second-order valence-corrected chi connectivity index (χ2v) is 9.33. The average Bonchev–Trinajstić information content (AvgIpc) is 3.19. The van der Waals surface area contributed by atoms with Crippen molar-refractivity contribution in [3.8, 4) is 0 Å². The Morgan fingerprint density at radius 2 is 1.72 bits per heavy atom. The summed E-state index contributed by atoms with van der Waals surface area (Å²) in [6.45, 7) is 6.51. The van der Waals surface area contributed by atoms with Crippen molar-refractivity contribution in [3.05, 3.63) is 29.8 Å². The highest BCUT2D eigenvalue weighted by molar-refractivity contribution is 7.89. The first kappa shape index (κ1) is 23.3. The van der Waals surface area contributed by atoms with Crippen molar-refractivity contribution in [1.82, 2.24) is 14.9 Å². The van der Waals surface area contributed by atoms with Crippen molar-refractivity contribution in [2.45, 2.75) is 63.4 Å². The highest BCUT2D eigenvalue weighted by Crippen LogP contribution is 2.18. The molecule has 1 aromatic rings. The fourth-order valence-electron chi connectivity index (χ4n) is 3.55. The summed E-state index contributed by atoms with van der Waals surface area (Å²) in [5, 5.41) is 7.00.